The molecule has 3 rings (SSSR count). The number of hydrogen-bond donors (Lipinski definition) is 4. The predicted octanol–water partition coefficient (Wildman–Crippen LogP) is 0.414. The van der Waals surface area contributed by atoms with E-state index in [1.807, 2.05) is 13.8 Å². The number of nitrogens with two attached hydrogens (primary N) is 1. The fraction of sp³-hybridized carbons (Fsp3) is 0.471. The Labute approximate surface area is 154 Å². The van der Waals surface area contributed by atoms with E-state index in [1.54, 1.807) is 0 Å². The Hall–Kier alpha value is -2.26. The number of fused-ring (bicyclic) bond motifs is 1. The van der Waals surface area contributed by atoms with E-state index in [0.29, 0.717) is 12.0 Å². The number of nitrogens with zero attached hydrogens (tertiary/aromatic N) is 1. The zero-order valence-electron chi connectivity index (χ0n) is 14.4. The third-order valence-corrected chi connectivity index (χ3v) is 6.89. The zero-order chi connectivity index (χ0) is 19.2. The number of β-lactam (4-membered cyclic amide) rings is 1. The van der Waals surface area contributed by atoms with Crippen LogP contribution >= 0.6 is 11.8 Å². The molecule has 5 N–H and O–H groups in total. The minimum absolute atomic E-state index is 0.0621. The van der Waals surface area contributed by atoms with Crippen molar-refractivity contribution in [3.8, 4) is 5.75 Å². The molecule has 1 aromatic carbocycles. The van der Waals surface area contributed by atoms with Gasteiger partial charge in [0.1, 0.15) is 29.2 Å². The highest BCUT2D eigenvalue weighted by molar-refractivity contribution is 8.01. The summed E-state index contributed by atoms with van der Waals surface area (Å²) in [5, 5.41) is 21.0. The predicted molar refractivity (Wildman–Crippen MR) is 95.3 cm³/mol. The number of carboxylic acids is 1. The first-order valence-corrected chi connectivity index (χ1v) is 9.15. The van der Waals surface area contributed by atoms with Gasteiger partial charge in [-0.05, 0) is 31.0 Å². The van der Waals surface area contributed by atoms with Gasteiger partial charge in [-0.2, -0.15) is 0 Å². The Bertz CT molecular complexity index is 755. The van der Waals surface area contributed by atoms with Gasteiger partial charge >= 0.3 is 5.97 Å². The average molecular weight is 379 g/mol. The van der Waals surface area contributed by atoms with E-state index >= 15 is 0 Å². The van der Waals surface area contributed by atoms with Crippen LogP contribution in [0.15, 0.2) is 24.3 Å². The Morgan fingerprint density at radius 1 is 1.38 bits per heavy atom. The van der Waals surface area contributed by atoms with Crippen LogP contribution in [0.3, 0.4) is 0 Å². The van der Waals surface area contributed by atoms with Crippen molar-refractivity contribution in [2.75, 3.05) is 0 Å². The summed E-state index contributed by atoms with van der Waals surface area (Å²) in [7, 11) is 0. The van der Waals surface area contributed by atoms with E-state index in [9.17, 15) is 24.6 Å². The van der Waals surface area contributed by atoms with E-state index in [2.05, 4.69) is 5.32 Å². The largest absolute Gasteiger partial charge is 0.508 e. The van der Waals surface area contributed by atoms with Crippen molar-refractivity contribution < 1.29 is 24.6 Å². The topological polar surface area (TPSA) is 133 Å². The number of amides is 2. The van der Waals surface area contributed by atoms with Crippen LogP contribution in [0.1, 0.15) is 31.9 Å². The second-order valence-electron chi connectivity index (χ2n) is 6.72. The van der Waals surface area contributed by atoms with Crippen molar-refractivity contribution in [2.24, 2.45) is 5.73 Å². The van der Waals surface area contributed by atoms with Crippen LogP contribution in [0.4, 0.5) is 0 Å². The lowest BCUT2D eigenvalue weighted by Crippen LogP contribution is -2.71. The molecular formula is C17H21N3O5S. The van der Waals surface area contributed by atoms with Crippen molar-refractivity contribution in [1.82, 2.24) is 10.2 Å². The number of phenols is 1. The van der Waals surface area contributed by atoms with Gasteiger partial charge < -0.3 is 26.2 Å². The monoisotopic (exact) mass is 379 g/mol. The van der Waals surface area contributed by atoms with Gasteiger partial charge in [0.2, 0.25) is 11.8 Å². The van der Waals surface area contributed by atoms with Crippen LogP contribution < -0.4 is 11.1 Å². The Balaban J connectivity index is 1.72. The first-order chi connectivity index (χ1) is 12.2. The van der Waals surface area contributed by atoms with E-state index in [-0.39, 0.29) is 5.75 Å². The number of aromatic hydroxyl groups is 1. The number of carbonyl (C=O) groups is 3. The molecule has 1 aromatic rings. The maximum Gasteiger partial charge on any atom is 0.327 e. The first-order valence-electron chi connectivity index (χ1n) is 8.27. The minimum atomic E-state index is -1.04. The van der Waals surface area contributed by atoms with Crippen LogP contribution in [0.5, 0.6) is 5.75 Å². The molecule has 0 aromatic heterocycles. The molecule has 140 valence electrons. The lowest BCUT2D eigenvalue weighted by Gasteiger charge is -2.43. The average Bonchev–Trinajstić information content (AvgIpc) is 2.90. The molecule has 0 bridgehead atoms. The zero-order valence-corrected chi connectivity index (χ0v) is 15.2. The molecule has 26 heavy (non-hydrogen) atoms. The number of thioether (sulfide) groups is 1. The molecule has 9 heteroatoms. The Morgan fingerprint density at radius 3 is 2.54 bits per heavy atom. The third-order valence-electron chi connectivity index (χ3n) is 5.09. The summed E-state index contributed by atoms with van der Waals surface area (Å²) in [5.74, 6) is -1.90. The van der Waals surface area contributed by atoms with Gasteiger partial charge in [0.05, 0.1) is 0 Å². The lowest BCUT2D eigenvalue weighted by molar-refractivity contribution is -0.161. The summed E-state index contributed by atoms with van der Waals surface area (Å²) < 4.78 is -0.606. The molecule has 5 atom stereocenters. The van der Waals surface area contributed by atoms with E-state index in [4.69, 9.17) is 5.73 Å². The van der Waals surface area contributed by atoms with Crippen LogP contribution in [-0.4, -0.2) is 55.1 Å². The number of phenolic OH excluding ortho intramolecular Hbond substituents is 1. The van der Waals surface area contributed by atoms with E-state index in [0.717, 1.165) is 0 Å². The van der Waals surface area contributed by atoms with Crippen molar-refractivity contribution >= 4 is 29.5 Å². The van der Waals surface area contributed by atoms with E-state index in [1.165, 1.54) is 40.9 Å². The third kappa shape index (κ3) is 2.80. The minimum Gasteiger partial charge on any atom is -0.508 e. The number of aliphatic carboxylic acids is 1. The van der Waals surface area contributed by atoms with Crippen molar-refractivity contribution in [2.45, 2.75) is 48.5 Å². The fourth-order valence-electron chi connectivity index (χ4n) is 3.39. The molecule has 2 amide bonds. The molecule has 0 saturated carbocycles. The number of carboxylic acid groups (broad SMARTS) is 1. The smallest absolute Gasteiger partial charge is 0.327 e. The fourth-order valence-corrected chi connectivity index (χ4v) is 5.11. The van der Waals surface area contributed by atoms with Crippen LogP contribution in [0, 0.1) is 0 Å². The van der Waals surface area contributed by atoms with Crippen molar-refractivity contribution in [3.05, 3.63) is 29.8 Å². The van der Waals surface area contributed by atoms with Gasteiger partial charge in [0.15, 0.2) is 0 Å². The molecule has 2 saturated heterocycles. The quantitative estimate of drug-likeness (QED) is 0.545. The summed E-state index contributed by atoms with van der Waals surface area (Å²) >= 11 is 1.40. The lowest BCUT2D eigenvalue weighted by atomic mass is 9.92. The maximum atomic E-state index is 12.5. The van der Waals surface area contributed by atoms with Crippen molar-refractivity contribution in [3.63, 3.8) is 0 Å². The molecular weight excluding hydrogens is 358 g/mol. The van der Waals surface area contributed by atoms with Gasteiger partial charge in [0.25, 0.3) is 0 Å². The molecule has 2 aliphatic heterocycles. The molecule has 2 heterocycles. The Kier molecular flexibility index (Phi) is 4.61. The summed E-state index contributed by atoms with van der Waals surface area (Å²) in [6, 6.07) is 3.24. The number of benzene rings is 1. The highest BCUT2D eigenvalue weighted by Crippen LogP contribution is 2.52. The molecule has 2 aliphatic rings. The summed E-state index contributed by atoms with van der Waals surface area (Å²) in [5.41, 5.74) is 6.44. The second kappa shape index (κ2) is 6.48. The van der Waals surface area contributed by atoms with Gasteiger partial charge in [-0.15, -0.1) is 11.8 Å². The molecule has 0 spiro atoms. The molecule has 0 radical (unpaired) electrons. The van der Waals surface area contributed by atoms with Gasteiger partial charge in [-0.3, -0.25) is 9.59 Å². The van der Waals surface area contributed by atoms with Gasteiger partial charge in [-0.1, -0.05) is 19.1 Å². The highest BCUT2D eigenvalue weighted by Gasteiger charge is 2.65. The SMILES string of the molecule is CC[C@]1(C)S[C@H]2[C@@H](NC(=O)[C@H](N)c3ccc(O)cc3)C(=O)N2[C@@H]1C(=O)O. The standard InChI is InChI=1S/C17H21N3O5S/c1-3-17(2)12(16(24)25)20-14(23)11(15(20)26-17)19-13(22)10(18)8-4-6-9(21)7-5-8/h4-7,10-12,15,21H,3,18H2,1-2H3,(H,19,22)(H,24,25)/t10-,11+,12-,15+,17+/m1/s1. The summed E-state index contributed by atoms with van der Waals surface area (Å²) in [4.78, 5) is 37.8. The van der Waals surface area contributed by atoms with Gasteiger partial charge in [-0.25, -0.2) is 4.79 Å². The number of nitrogens with one attached hydrogen (secondary N) is 1. The van der Waals surface area contributed by atoms with Gasteiger partial charge in [0, 0.05) is 4.75 Å². The van der Waals surface area contributed by atoms with Crippen LogP contribution in [0.25, 0.3) is 0 Å². The second-order valence-corrected chi connectivity index (χ2v) is 8.37. The number of rotatable bonds is 5. The summed E-state index contributed by atoms with van der Waals surface area (Å²) in [6.07, 6.45) is 0.586. The molecule has 0 unspecified atom stereocenters. The number of carbonyl (C=O) groups excluding carboxylic acids is 2. The molecule has 0 aliphatic carbocycles. The van der Waals surface area contributed by atoms with E-state index < -0.39 is 46.0 Å². The summed E-state index contributed by atoms with van der Waals surface area (Å²) in [6.45, 7) is 3.71. The first kappa shape index (κ1) is 18.5. The molecule has 8 nitrogen and oxygen atoms in total. The number of hydrogen-bond acceptors (Lipinski definition) is 6. The van der Waals surface area contributed by atoms with Crippen molar-refractivity contribution in [1.29, 1.82) is 0 Å². The highest BCUT2D eigenvalue weighted by atomic mass is 32.2. The normalized spacial score (nSPS) is 31.1. The van der Waals surface area contributed by atoms with Crippen LogP contribution in [0.2, 0.25) is 0 Å². The Morgan fingerprint density at radius 2 is 2.00 bits per heavy atom. The molecule has 2 fully saturated rings. The maximum absolute atomic E-state index is 12.5. The van der Waals surface area contributed by atoms with Crippen LogP contribution in [-0.2, 0) is 14.4 Å².